The van der Waals surface area contributed by atoms with Crippen molar-refractivity contribution in [1.82, 2.24) is 10.6 Å². The Labute approximate surface area is 139 Å². The fourth-order valence-electron chi connectivity index (χ4n) is 2.99. The molecule has 0 radical (unpaired) electrons. The van der Waals surface area contributed by atoms with Crippen LogP contribution in [0.1, 0.15) is 31.7 Å². The SMILES string of the molecule is CNC(CCCCN)CNC(Cc1ccc(O)cc1)C1OC1C. The number of aromatic hydroxyl groups is 1. The first-order valence-corrected chi connectivity index (χ1v) is 8.68. The second kappa shape index (κ2) is 9.23. The number of phenols is 1. The molecule has 1 aliphatic heterocycles. The zero-order valence-electron chi connectivity index (χ0n) is 14.3. The first-order valence-electron chi connectivity index (χ1n) is 8.68. The van der Waals surface area contributed by atoms with Crippen LogP contribution in [-0.4, -0.2) is 49.5 Å². The molecule has 1 saturated heterocycles. The van der Waals surface area contributed by atoms with E-state index in [0.717, 1.165) is 38.8 Å². The molecule has 5 nitrogen and oxygen atoms in total. The summed E-state index contributed by atoms with van der Waals surface area (Å²) in [7, 11) is 2.01. The lowest BCUT2D eigenvalue weighted by molar-refractivity contribution is 0.317. The second-order valence-electron chi connectivity index (χ2n) is 6.46. The minimum atomic E-state index is 0.283. The highest BCUT2D eigenvalue weighted by Crippen LogP contribution is 2.27. The lowest BCUT2D eigenvalue weighted by Gasteiger charge is -2.22. The van der Waals surface area contributed by atoms with Crippen LogP contribution in [0, 0.1) is 0 Å². The van der Waals surface area contributed by atoms with Crippen LogP contribution in [0.2, 0.25) is 0 Å². The van der Waals surface area contributed by atoms with Gasteiger partial charge in [-0.15, -0.1) is 0 Å². The van der Waals surface area contributed by atoms with Crippen molar-refractivity contribution in [2.45, 2.75) is 56.9 Å². The molecule has 2 rings (SSSR count). The van der Waals surface area contributed by atoms with E-state index in [2.05, 4.69) is 17.6 Å². The van der Waals surface area contributed by atoms with Crippen molar-refractivity contribution in [1.29, 1.82) is 0 Å². The number of benzene rings is 1. The summed E-state index contributed by atoms with van der Waals surface area (Å²) < 4.78 is 5.69. The molecule has 1 aromatic carbocycles. The first-order chi connectivity index (χ1) is 11.1. The summed E-state index contributed by atoms with van der Waals surface area (Å²) in [4.78, 5) is 0. The molecule has 5 N–H and O–H groups in total. The van der Waals surface area contributed by atoms with Gasteiger partial charge in [0.1, 0.15) is 5.75 Å². The van der Waals surface area contributed by atoms with Crippen LogP contribution < -0.4 is 16.4 Å². The van der Waals surface area contributed by atoms with Gasteiger partial charge in [-0.2, -0.15) is 0 Å². The number of phenolic OH excluding ortho intramolecular Hbond substituents is 1. The molecule has 1 fully saturated rings. The minimum Gasteiger partial charge on any atom is -0.508 e. The molecule has 0 bridgehead atoms. The molecule has 0 spiro atoms. The van der Waals surface area contributed by atoms with Crippen molar-refractivity contribution in [3.05, 3.63) is 29.8 Å². The number of hydrogen-bond donors (Lipinski definition) is 4. The Bertz CT molecular complexity index is 452. The Morgan fingerprint density at radius 1 is 1.26 bits per heavy atom. The summed E-state index contributed by atoms with van der Waals surface area (Å²) in [5, 5.41) is 16.5. The zero-order chi connectivity index (χ0) is 16.7. The van der Waals surface area contributed by atoms with Gasteiger partial charge in [0.25, 0.3) is 0 Å². The Morgan fingerprint density at radius 2 is 1.96 bits per heavy atom. The standard InChI is InChI=1S/C18H31N3O2/c1-13-18(23-13)17(11-14-6-8-16(22)9-7-14)21-12-15(20-2)5-3-4-10-19/h6-9,13,15,17-18,20-22H,3-5,10-12,19H2,1-2H3. The maximum atomic E-state index is 9.41. The summed E-state index contributed by atoms with van der Waals surface area (Å²) >= 11 is 0. The Morgan fingerprint density at radius 3 is 2.52 bits per heavy atom. The van der Waals surface area contributed by atoms with Crippen LogP contribution in [0.5, 0.6) is 5.75 Å². The van der Waals surface area contributed by atoms with Crippen LogP contribution >= 0.6 is 0 Å². The van der Waals surface area contributed by atoms with Crippen molar-refractivity contribution in [2.75, 3.05) is 20.1 Å². The predicted octanol–water partition coefficient (Wildman–Crippen LogP) is 1.40. The van der Waals surface area contributed by atoms with Gasteiger partial charge in [-0.1, -0.05) is 18.6 Å². The van der Waals surface area contributed by atoms with Crippen LogP contribution in [0.3, 0.4) is 0 Å². The number of ether oxygens (including phenoxy) is 1. The predicted molar refractivity (Wildman–Crippen MR) is 93.7 cm³/mol. The third-order valence-electron chi connectivity index (χ3n) is 4.59. The zero-order valence-corrected chi connectivity index (χ0v) is 14.3. The number of nitrogens with two attached hydrogens (primary N) is 1. The maximum Gasteiger partial charge on any atom is 0.115 e. The van der Waals surface area contributed by atoms with Gasteiger partial charge < -0.3 is 26.2 Å². The molecule has 130 valence electrons. The van der Waals surface area contributed by atoms with Gasteiger partial charge >= 0.3 is 0 Å². The third-order valence-corrected chi connectivity index (χ3v) is 4.59. The molecule has 23 heavy (non-hydrogen) atoms. The van der Waals surface area contributed by atoms with Crippen LogP contribution in [-0.2, 0) is 11.2 Å². The molecule has 0 saturated carbocycles. The van der Waals surface area contributed by atoms with E-state index in [-0.39, 0.29) is 6.10 Å². The largest absolute Gasteiger partial charge is 0.508 e. The van der Waals surface area contributed by atoms with E-state index in [0.29, 0.717) is 23.9 Å². The van der Waals surface area contributed by atoms with E-state index in [9.17, 15) is 5.11 Å². The molecule has 1 aliphatic rings. The van der Waals surface area contributed by atoms with Gasteiger partial charge in [-0.05, 0) is 57.5 Å². The highest BCUT2D eigenvalue weighted by Gasteiger charge is 2.41. The average Bonchev–Trinajstić information content (AvgIpc) is 3.28. The topological polar surface area (TPSA) is 82.8 Å². The van der Waals surface area contributed by atoms with Crippen molar-refractivity contribution >= 4 is 0 Å². The first kappa shape index (κ1) is 18.2. The number of rotatable bonds is 11. The van der Waals surface area contributed by atoms with Crippen LogP contribution in [0.4, 0.5) is 0 Å². The van der Waals surface area contributed by atoms with E-state index >= 15 is 0 Å². The molecule has 5 heteroatoms. The molecule has 0 aromatic heterocycles. The van der Waals surface area contributed by atoms with Gasteiger partial charge in [0, 0.05) is 18.6 Å². The van der Waals surface area contributed by atoms with Crippen molar-refractivity contribution in [3.63, 3.8) is 0 Å². The van der Waals surface area contributed by atoms with Gasteiger partial charge in [0.15, 0.2) is 0 Å². The van der Waals surface area contributed by atoms with Gasteiger partial charge in [-0.3, -0.25) is 0 Å². The normalized spacial score (nSPS) is 22.7. The van der Waals surface area contributed by atoms with Crippen LogP contribution in [0.15, 0.2) is 24.3 Å². The maximum absolute atomic E-state index is 9.41. The highest BCUT2D eigenvalue weighted by atomic mass is 16.6. The summed E-state index contributed by atoms with van der Waals surface area (Å²) in [5.74, 6) is 0.310. The van der Waals surface area contributed by atoms with E-state index in [1.54, 1.807) is 12.1 Å². The minimum absolute atomic E-state index is 0.283. The third kappa shape index (κ3) is 6.11. The smallest absolute Gasteiger partial charge is 0.115 e. The van der Waals surface area contributed by atoms with E-state index in [1.807, 2.05) is 19.2 Å². The molecule has 4 atom stereocenters. The summed E-state index contributed by atoms with van der Waals surface area (Å²) in [6, 6.07) is 8.21. The lowest BCUT2D eigenvalue weighted by atomic mass is 10.0. The number of hydrogen-bond acceptors (Lipinski definition) is 5. The average molecular weight is 321 g/mol. The molecule has 0 aliphatic carbocycles. The van der Waals surface area contributed by atoms with Gasteiger partial charge in [-0.25, -0.2) is 0 Å². The van der Waals surface area contributed by atoms with Crippen molar-refractivity contribution < 1.29 is 9.84 Å². The van der Waals surface area contributed by atoms with Gasteiger partial charge in [0.05, 0.1) is 12.2 Å². The number of unbranched alkanes of at least 4 members (excludes halogenated alkanes) is 1. The lowest BCUT2D eigenvalue weighted by Crippen LogP contribution is -2.44. The summed E-state index contributed by atoms with van der Waals surface area (Å²) in [5.41, 5.74) is 6.78. The van der Waals surface area contributed by atoms with Crippen molar-refractivity contribution in [2.24, 2.45) is 5.73 Å². The Kier molecular flexibility index (Phi) is 7.30. The van der Waals surface area contributed by atoms with E-state index < -0.39 is 0 Å². The van der Waals surface area contributed by atoms with Gasteiger partial charge in [0.2, 0.25) is 0 Å². The van der Waals surface area contributed by atoms with Crippen molar-refractivity contribution in [3.8, 4) is 5.75 Å². The van der Waals surface area contributed by atoms with Crippen LogP contribution in [0.25, 0.3) is 0 Å². The van der Waals surface area contributed by atoms with E-state index in [1.165, 1.54) is 5.56 Å². The molecule has 1 heterocycles. The van der Waals surface area contributed by atoms with E-state index in [4.69, 9.17) is 10.5 Å². The number of nitrogens with one attached hydrogen (secondary N) is 2. The molecular weight excluding hydrogens is 290 g/mol. The monoisotopic (exact) mass is 321 g/mol. The second-order valence-corrected chi connectivity index (χ2v) is 6.46. The molecule has 1 aromatic rings. The fraction of sp³-hybridized carbons (Fsp3) is 0.667. The molecule has 4 unspecified atom stereocenters. The molecular formula is C18H31N3O2. The highest BCUT2D eigenvalue weighted by molar-refractivity contribution is 5.26. The number of epoxide rings is 1. The summed E-state index contributed by atoms with van der Waals surface area (Å²) in [6.45, 7) is 3.81. The Hall–Kier alpha value is -1.14. The molecule has 0 amide bonds. The summed E-state index contributed by atoms with van der Waals surface area (Å²) in [6.07, 6.45) is 4.89. The number of likely N-dealkylation sites (N-methyl/N-ethyl adjacent to an activating group) is 1. The fourth-order valence-corrected chi connectivity index (χ4v) is 2.99. The quantitative estimate of drug-likeness (QED) is 0.366. The Balaban J connectivity index is 1.84.